The summed E-state index contributed by atoms with van der Waals surface area (Å²) in [6.45, 7) is 3.89. The Morgan fingerprint density at radius 1 is 1.24 bits per heavy atom. The van der Waals surface area contributed by atoms with Gasteiger partial charge in [-0.05, 0) is 27.9 Å². The molecule has 0 unspecified atom stereocenters. The molecule has 2 N–H and O–H groups in total. The number of hydrogen-bond acceptors (Lipinski definition) is 2. The Morgan fingerprint density at radius 2 is 1.90 bits per heavy atom. The molecule has 0 atom stereocenters. The molecule has 0 aliphatic rings. The van der Waals surface area contributed by atoms with Crippen LogP contribution in [0.4, 0.5) is 0 Å². The predicted molar refractivity (Wildman–Crippen MR) is 85.7 cm³/mol. The van der Waals surface area contributed by atoms with Crippen LogP contribution < -0.4 is 10.9 Å². The summed E-state index contributed by atoms with van der Waals surface area (Å²) < 4.78 is 2.51. The molecule has 0 fully saturated rings. The molecule has 1 aromatic heterocycles. The third-order valence-electron chi connectivity index (χ3n) is 3.17. The maximum Gasteiger partial charge on any atom is 0.287 e. The van der Waals surface area contributed by atoms with Crippen LogP contribution in [0.5, 0.6) is 0 Å². The summed E-state index contributed by atoms with van der Waals surface area (Å²) in [7, 11) is 1.82. The maximum atomic E-state index is 12.3. The van der Waals surface area contributed by atoms with Crippen molar-refractivity contribution in [3.8, 4) is 0 Å². The number of para-hydroxylation sites is 1. The Bertz CT molecular complexity index is 653. The number of nitrogens with zero attached hydrogens (tertiary/aromatic N) is 1. The van der Waals surface area contributed by atoms with Crippen LogP contribution in [0, 0.1) is 5.92 Å². The van der Waals surface area contributed by atoms with Gasteiger partial charge >= 0.3 is 0 Å². The van der Waals surface area contributed by atoms with Gasteiger partial charge < -0.3 is 4.57 Å². The third-order valence-corrected chi connectivity index (χ3v) is 3.97. The lowest BCUT2D eigenvalue weighted by atomic mass is 10.1. The smallest absolute Gasteiger partial charge is 0.287 e. The first-order chi connectivity index (χ1) is 9.91. The molecular formula is C15H18BrN3O2. The van der Waals surface area contributed by atoms with Gasteiger partial charge in [0, 0.05) is 24.4 Å². The number of carbonyl (C=O) groups excluding carboxylic acids is 2. The van der Waals surface area contributed by atoms with Gasteiger partial charge in [0.05, 0.1) is 4.47 Å². The van der Waals surface area contributed by atoms with Crippen molar-refractivity contribution in [1.82, 2.24) is 15.4 Å². The van der Waals surface area contributed by atoms with E-state index in [9.17, 15) is 9.59 Å². The molecule has 1 heterocycles. The number of aryl methyl sites for hydroxylation is 1. The first kappa shape index (κ1) is 15.6. The molecule has 2 aromatic rings. The number of rotatable bonds is 3. The Balaban J connectivity index is 2.18. The van der Waals surface area contributed by atoms with Gasteiger partial charge in [-0.3, -0.25) is 20.4 Å². The molecule has 2 rings (SSSR count). The number of hydrazine groups is 1. The topological polar surface area (TPSA) is 63.1 Å². The fourth-order valence-electron chi connectivity index (χ4n) is 2.21. The van der Waals surface area contributed by atoms with Crippen molar-refractivity contribution in [3.63, 3.8) is 0 Å². The molecule has 5 nitrogen and oxygen atoms in total. The molecule has 0 saturated heterocycles. The van der Waals surface area contributed by atoms with Crippen molar-refractivity contribution in [1.29, 1.82) is 0 Å². The normalized spacial score (nSPS) is 10.9. The highest BCUT2D eigenvalue weighted by Crippen LogP contribution is 2.29. The zero-order valence-corrected chi connectivity index (χ0v) is 13.8. The molecule has 0 bridgehead atoms. The van der Waals surface area contributed by atoms with E-state index in [2.05, 4.69) is 26.8 Å². The Labute approximate surface area is 131 Å². The zero-order valence-electron chi connectivity index (χ0n) is 12.2. The summed E-state index contributed by atoms with van der Waals surface area (Å²) in [6.07, 6.45) is 0.372. The molecule has 1 aromatic carbocycles. The number of nitrogens with one attached hydrogen (secondary N) is 2. The largest absolute Gasteiger partial charge is 0.339 e. The lowest BCUT2D eigenvalue weighted by molar-refractivity contribution is -0.122. The van der Waals surface area contributed by atoms with Crippen LogP contribution in [0.2, 0.25) is 0 Å². The summed E-state index contributed by atoms with van der Waals surface area (Å²) in [6, 6.07) is 7.71. The molecule has 21 heavy (non-hydrogen) atoms. The lowest BCUT2D eigenvalue weighted by Gasteiger charge is -2.10. The molecule has 0 saturated carbocycles. The lowest BCUT2D eigenvalue weighted by Crippen LogP contribution is -2.42. The van der Waals surface area contributed by atoms with Crippen molar-refractivity contribution in [2.45, 2.75) is 20.3 Å². The number of halogens is 1. The summed E-state index contributed by atoms with van der Waals surface area (Å²) >= 11 is 3.46. The monoisotopic (exact) mass is 351 g/mol. The van der Waals surface area contributed by atoms with E-state index in [0.717, 1.165) is 15.4 Å². The number of aromatic nitrogens is 1. The second kappa shape index (κ2) is 6.30. The minimum absolute atomic E-state index is 0.201. The van der Waals surface area contributed by atoms with Crippen molar-refractivity contribution >= 4 is 38.6 Å². The Hall–Kier alpha value is -1.82. The molecular weight excluding hydrogens is 334 g/mol. The number of benzene rings is 1. The number of fused-ring (bicyclic) bond motifs is 1. The van der Waals surface area contributed by atoms with E-state index in [1.165, 1.54) is 0 Å². The second-order valence-corrected chi connectivity index (χ2v) is 6.13. The van der Waals surface area contributed by atoms with E-state index in [-0.39, 0.29) is 17.7 Å². The van der Waals surface area contributed by atoms with Crippen LogP contribution in [0.1, 0.15) is 30.8 Å². The van der Waals surface area contributed by atoms with Crippen LogP contribution in [0.15, 0.2) is 28.7 Å². The fourth-order valence-corrected chi connectivity index (χ4v) is 2.99. The van der Waals surface area contributed by atoms with Gasteiger partial charge in [-0.15, -0.1) is 0 Å². The van der Waals surface area contributed by atoms with Crippen molar-refractivity contribution in [2.75, 3.05) is 0 Å². The predicted octanol–water partition coefficient (Wildman–Crippen LogP) is 2.75. The second-order valence-electron chi connectivity index (χ2n) is 5.34. The highest BCUT2D eigenvalue weighted by atomic mass is 79.9. The molecule has 0 spiro atoms. The van der Waals surface area contributed by atoms with Gasteiger partial charge in [0.25, 0.3) is 5.91 Å². The Kier molecular flexibility index (Phi) is 4.67. The number of amides is 2. The van der Waals surface area contributed by atoms with Crippen LogP contribution >= 0.6 is 15.9 Å². The fraction of sp³-hybridized carbons (Fsp3) is 0.333. The van der Waals surface area contributed by atoms with E-state index in [0.29, 0.717) is 12.1 Å². The van der Waals surface area contributed by atoms with Crippen LogP contribution in [-0.4, -0.2) is 16.4 Å². The van der Waals surface area contributed by atoms with Gasteiger partial charge in [0.1, 0.15) is 5.69 Å². The molecule has 0 radical (unpaired) electrons. The van der Waals surface area contributed by atoms with E-state index < -0.39 is 0 Å². The van der Waals surface area contributed by atoms with Gasteiger partial charge in [-0.25, -0.2) is 0 Å². The first-order valence-corrected chi connectivity index (χ1v) is 7.53. The highest BCUT2D eigenvalue weighted by Gasteiger charge is 2.19. The highest BCUT2D eigenvalue weighted by molar-refractivity contribution is 9.10. The molecule has 2 amide bonds. The molecule has 0 aliphatic heterocycles. The number of carbonyl (C=O) groups is 2. The van der Waals surface area contributed by atoms with Crippen molar-refractivity contribution < 1.29 is 9.59 Å². The van der Waals surface area contributed by atoms with Gasteiger partial charge in [0.15, 0.2) is 0 Å². The van der Waals surface area contributed by atoms with Crippen molar-refractivity contribution in [3.05, 3.63) is 34.4 Å². The quantitative estimate of drug-likeness (QED) is 0.835. The minimum Gasteiger partial charge on any atom is -0.339 e. The van der Waals surface area contributed by atoms with Crippen LogP contribution in [-0.2, 0) is 11.8 Å². The van der Waals surface area contributed by atoms with Gasteiger partial charge in [-0.2, -0.15) is 0 Å². The average molecular weight is 352 g/mol. The minimum atomic E-state index is -0.349. The average Bonchev–Trinajstić information content (AvgIpc) is 2.68. The van der Waals surface area contributed by atoms with E-state index in [1.54, 1.807) is 4.57 Å². The molecule has 112 valence electrons. The third kappa shape index (κ3) is 3.26. The standard InChI is InChI=1S/C15H18BrN3O2/c1-9(2)8-12(20)17-18-15(21)14-13(16)10-6-4-5-7-11(10)19(14)3/h4-7,9H,8H2,1-3H3,(H,17,20)(H,18,21). The van der Waals surface area contributed by atoms with Crippen molar-refractivity contribution in [2.24, 2.45) is 13.0 Å². The first-order valence-electron chi connectivity index (χ1n) is 6.74. The number of hydrogen-bond donors (Lipinski definition) is 2. The molecule has 0 aliphatic carbocycles. The Morgan fingerprint density at radius 3 is 2.52 bits per heavy atom. The summed E-state index contributed by atoms with van der Waals surface area (Å²) in [5.74, 6) is -0.308. The summed E-state index contributed by atoms with van der Waals surface area (Å²) in [5, 5.41) is 0.957. The zero-order chi connectivity index (χ0) is 15.6. The van der Waals surface area contributed by atoms with Gasteiger partial charge in [-0.1, -0.05) is 32.0 Å². The summed E-state index contributed by atoms with van der Waals surface area (Å²) in [4.78, 5) is 23.9. The van der Waals surface area contributed by atoms with E-state index >= 15 is 0 Å². The maximum absolute atomic E-state index is 12.3. The van der Waals surface area contributed by atoms with E-state index in [4.69, 9.17) is 0 Å². The van der Waals surface area contributed by atoms with Gasteiger partial charge in [0.2, 0.25) is 5.91 Å². The summed E-state index contributed by atoms with van der Waals surface area (Å²) in [5.41, 5.74) is 6.32. The molecule has 6 heteroatoms. The van der Waals surface area contributed by atoms with Crippen LogP contribution in [0.3, 0.4) is 0 Å². The van der Waals surface area contributed by atoms with Crippen LogP contribution in [0.25, 0.3) is 10.9 Å². The SMILES string of the molecule is CC(C)CC(=O)NNC(=O)c1c(Br)c2ccccc2n1C. The van der Waals surface area contributed by atoms with E-state index in [1.807, 2.05) is 45.2 Å².